The molecular formula is C10H9BrN2O2S2. The maximum Gasteiger partial charge on any atom is 0.264 e. The number of aromatic nitrogens is 1. The van der Waals surface area contributed by atoms with E-state index in [0.717, 1.165) is 4.88 Å². The molecule has 0 radical (unpaired) electrons. The van der Waals surface area contributed by atoms with Crippen molar-refractivity contribution in [1.29, 1.82) is 0 Å². The largest absolute Gasteiger partial charge is 0.264 e. The fourth-order valence-electron chi connectivity index (χ4n) is 1.23. The Hall–Kier alpha value is -0.920. The van der Waals surface area contributed by atoms with E-state index in [4.69, 9.17) is 0 Å². The van der Waals surface area contributed by atoms with Gasteiger partial charge in [-0.05, 0) is 35.0 Å². The highest BCUT2D eigenvalue weighted by Gasteiger charge is 2.18. The molecule has 4 nitrogen and oxygen atoms in total. The van der Waals surface area contributed by atoms with Crippen molar-refractivity contribution in [3.8, 4) is 0 Å². The van der Waals surface area contributed by atoms with Gasteiger partial charge in [-0.25, -0.2) is 13.4 Å². The Morgan fingerprint density at radius 1 is 1.35 bits per heavy atom. The molecule has 0 saturated carbocycles. The zero-order chi connectivity index (χ0) is 12.5. The van der Waals surface area contributed by atoms with Gasteiger partial charge in [-0.2, -0.15) is 0 Å². The number of thiazole rings is 1. The summed E-state index contributed by atoms with van der Waals surface area (Å²) in [5, 5.41) is 0.373. The second kappa shape index (κ2) is 4.75. The van der Waals surface area contributed by atoms with Crippen LogP contribution in [0.5, 0.6) is 0 Å². The number of benzene rings is 1. The molecule has 0 aliphatic carbocycles. The van der Waals surface area contributed by atoms with E-state index >= 15 is 0 Å². The molecule has 90 valence electrons. The van der Waals surface area contributed by atoms with Gasteiger partial charge in [0, 0.05) is 15.5 Å². The zero-order valence-electron chi connectivity index (χ0n) is 8.84. The topological polar surface area (TPSA) is 59.1 Å². The molecule has 0 fully saturated rings. The Balaban J connectivity index is 2.35. The van der Waals surface area contributed by atoms with Crippen LogP contribution in [-0.4, -0.2) is 13.4 Å². The second-order valence-electron chi connectivity index (χ2n) is 3.31. The van der Waals surface area contributed by atoms with Crippen molar-refractivity contribution in [2.75, 3.05) is 4.72 Å². The quantitative estimate of drug-likeness (QED) is 0.939. The molecule has 0 aliphatic heterocycles. The van der Waals surface area contributed by atoms with Gasteiger partial charge < -0.3 is 0 Å². The maximum atomic E-state index is 12.1. The number of hydrogen-bond donors (Lipinski definition) is 1. The number of nitrogens with one attached hydrogen (secondary N) is 1. The van der Waals surface area contributed by atoms with Gasteiger partial charge in [0.2, 0.25) is 0 Å². The van der Waals surface area contributed by atoms with E-state index in [0.29, 0.717) is 9.60 Å². The first-order chi connectivity index (χ1) is 7.99. The molecule has 1 aromatic heterocycles. The van der Waals surface area contributed by atoms with Gasteiger partial charge >= 0.3 is 0 Å². The fourth-order valence-corrected chi connectivity index (χ4v) is 4.15. The molecule has 0 unspecified atom stereocenters. The lowest BCUT2D eigenvalue weighted by Crippen LogP contribution is -2.13. The van der Waals surface area contributed by atoms with Gasteiger partial charge in [0.25, 0.3) is 10.0 Å². The molecule has 1 aromatic carbocycles. The van der Waals surface area contributed by atoms with Gasteiger partial charge in [-0.1, -0.05) is 12.1 Å². The molecule has 7 heteroatoms. The summed E-state index contributed by atoms with van der Waals surface area (Å²) in [5.41, 5.74) is 0. The standard InChI is InChI=1S/C10H9BrN2O2S2/c1-7-6-12-10(16-7)13-17(14,15)9-5-3-2-4-8(9)11/h2-6H,1H3,(H,12,13). The molecule has 17 heavy (non-hydrogen) atoms. The lowest BCUT2D eigenvalue weighted by molar-refractivity contribution is 0.600. The predicted octanol–water partition coefficient (Wildman–Crippen LogP) is 3.01. The van der Waals surface area contributed by atoms with Crippen LogP contribution in [0.4, 0.5) is 5.13 Å². The highest BCUT2D eigenvalue weighted by molar-refractivity contribution is 9.10. The summed E-state index contributed by atoms with van der Waals surface area (Å²) < 4.78 is 27.1. The third-order valence-corrected chi connectivity index (χ3v) is 5.28. The molecule has 0 bridgehead atoms. The average Bonchev–Trinajstić information content (AvgIpc) is 2.63. The Labute approximate surface area is 112 Å². The lowest BCUT2D eigenvalue weighted by atomic mass is 10.4. The minimum absolute atomic E-state index is 0.202. The number of rotatable bonds is 3. The molecule has 0 spiro atoms. The summed E-state index contributed by atoms with van der Waals surface area (Å²) in [6.07, 6.45) is 1.63. The SMILES string of the molecule is Cc1cnc(NS(=O)(=O)c2ccccc2Br)s1. The highest BCUT2D eigenvalue weighted by atomic mass is 79.9. The average molecular weight is 333 g/mol. The minimum atomic E-state index is -3.58. The van der Waals surface area contributed by atoms with Crippen LogP contribution in [0.15, 0.2) is 39.8 Å². The van der Waals surface area contributed by atoms with Crippen LogP contribution >= 0.6 is 27.3 Å². The van der Waals surface area contributed by atoms with E-state index in [1.807, 2.05) is 6.92 Å². The van der Waals surface area contributed by atoms with Crippen LogP contribution in [0.2, 0.25) is 0 Å². The Morgan fingerprint density at radius 3 is 2.65 bits per heavy atom. The fraction of sp³-hybridized carbons (Fsp3) is 0.100. The number of aryl methyl sites for hydroxylation is 1. The van der Waals surface area contributed by atoms with Gasteiger partial charge in [0.1, 0.15) is 4.90 Å². The summed E-state index contributed by atoms with van der Waals surface area (Å²) in [6, 6.07) is 6.65. The Bertz CT molecular complexity index is 637. The summed E-state index contributed by atoms with van der Waals surface area (Å²) in [5.74, 6) is 0. The van der Waals surface area contributed by atoms with E-state index in [1.165, 1.54) is 17.4 Å². The second-order valence-corrected chi connectivity index (χ2v) is 7.05. The van der Waals surface area contributed by atoms with E-state index in [1.54, 1.807) is 24.4 Å². The van der Waals surface area contributed by atoms with Crippen LogP contribution < -0.4 is 4.72 Å². The minimum Gasteiger partial charge on any atom is -0.255 e. The van der Waals surface area contributed by atoms with Crippen molar-refractivity contribution >= 4 is 42.4 Å². The summed E-state index contributed by atoms with van der Waals surface area (Å²) in [7, 11) is -3.58. The summed E-state index contributed by atoms with van der Waals surface area (Å²) >= 11 is 4.51. The van der Waals surface area contributed by atoms with Crippen LogP contribution in [0.25, 0.3) is 0 Å². The number of anilines is 1. The van der Waals surface area contributed by atoms with Crippen LogP contribution in [0.1, 0.15) is 4.88 Å². The van der Waals surface area contributed by atoms with Gasteiger partial charge in [0.05, 0.1) is 0 Å². The van der Waals surface area contributed by atoms with Crippen molar-refractivity contribution in [2.24, 2.45) is 0 Å². The van der Waals surface area contributed by atoms with Crippen molar-refractivity contribution in [2.45, 2.75) is 11.8 Å². The number of sulfonamides is 1. The molecule has 0 atom stereocenters. The summed E-state index contributed by atoms with van der Waals surface area (Å²) in [4.78, 5) is 5.12. The first kappa shape index (κ1) is 12.5. The monoisotopic (exact) mass is 332 g/mol. The molecule has 1 N–H and O–H groups in total. The Morgan fingerprint density at radius 2 is 2.06 bits per heavy atom. The predicted molar refractivity (Wildman–Crippen MR) is 71.8 cm³/mol. The molecule has 0 aliphatic rings. The first-order valence-electron chi connectivity index (χ1n) is 4.69. The van der Waals surface area contributed by atoms with E-state index in [9.17, 15) is 8.42 Å². The van der Waals surface area contributed by atoms with Crippen molar-refractivity contribution in [3.05, 3.63) is 39.8 Å². The van der Waals surface area contributed by atoms with E-state index < -0.39 is 10.0 Å². The first-order valence-corrected chi connectivity index (χ1v) is 7.78. The molecule has 2 rings (SSSR count). The van der Waals surface area contributed by atoms with Crippen LogP contribution in [-0.2, 0) is 10.0 Å². The zero-order valence-corrected chi connectivity index (χ0v) is 12.1. The van der Waals surface area contributed by atoms with Crippen molar-refractivity contribution in [1.82, 2.24) is 4.98 Å². The van der Waals surface area contributed by atoms with E-state index in [-0.39, 0.29) is 4.90 Å². The normalized spacial score (nSPS) is 11.4. The number of nitrogens with zero attached hydrogens (tertiary/aromatic N) is 1. The van der Waals surface area contributed by atoms with Gasteiger partial charge in [-0.3, -0.25) is 4.72 Å². The number of halogens is 1. The van der Waals surface area contributed by atoms with Gasteiger partial charge in [0.15, 0.2) is 5.13 Å². The highest BCUT2D eigenvalue weighted by Crippen LogP contribution is 2.25. The Kier molecular flexibility index (Phi) is 3.50. The van der Waals surface area contributed by atoms with E-state index in [2.05, 4.69) is 25.6 Å². The molecule has 0 amide bonds. The van der Waals surface area contributed by atoms with Crippen LogP contribution in [0.3, 0.4) is 0 Å². The van der Waals surface area contributed by atoms with Crippen molar-refractivity contribution < 1.29 is 8.42 Å². The van der Waals surface area contributed by atoms with Gasteiger partial charge in [-0.15, -0.1) is 11.3 Å². The lowest BCUT2D eigenvalue weighted by Gasteiger charge is -2.06. The van der Waals surface area contributed by atoms with Crippen LogP contribution in [0, 0.1) is 6.92 Å². The van der Waals surface area contributed by atoms with Crippen molar-refractivity contribution in [3.63, 3.8) is 0 Å². The molecule has 1 heterocycles. The molecular weight excluding hydrogens is 324 g/mol. The maximum absolute atomic E-state index is 12.1. The number of hydrogen-bond acceptors (Lipinski definition) is 4. The summed E-state index contributed by atoms with van der Waals surface area (Å²) in [6.45, 7) is 1.87. The molecule has 2 aromatic rings. The third-order valence-electron chi connectivity index (χ3n) is 1.97. The smallest absolute Gasteiger partial charge is 0.255 e. The third kappa shape index (κ3) is 2.85. The molecule has 0 saturated heterocycles.